The minimum absolute atomic E-state index is 0.157. The van der Waals surface area contributed by atoms with Crippen LogP contribution in [-0.2, 0) is 16.7 Å². The van der Waals surface area contributed by atoms with Gasteiger partial charge in [-0.2, -0.15) is 0 Å². The molecule has 0 aromatic carbocycles. The molecular formula is C10H18N2O. The fourth-order valence-corrected chi connectivity index (χ4v) is 1.31. The van der Waals surface area contributed by atoms with Gasteiger partial charge >= 0.3 is 0 Å². The number of rotatable bonds is 3. The quantitative estimate of drug-likeness (QED) is 0.713. The SMILES string of the molecule is COCCn1cncc1C(C)(C)C. The molecule has 0 spiro atoms. The average molecular weight is 182 g/mol. The van der Waals surface area contributed by atoms with Crippen LogP contribution in [0.15, 0.2) is 12.5 Å². The molecular weight excluding hydrogens is 164 g/mol. The molecule has 0 fully saturated rings. The maximum atomic E-state index is 5.03. The fourth-order valence-electron chi connectivity index (χ4n) is 1.31. The highest BCUT2D eigenvalue weighted by Gasteiger charge is 2.17. The summed E-state index contributed by atoms with van der Waals surface area (Å²) in [7, 11) is 1.72. The molecule has 0 saturated carbocycles. The van der Waals surface area contributed by atoms with Gasteiger partial charge in [0, 0.05) is 31.0 Å². The van der Waals surface area contributed by atoms with E-state index in [1.807, 2.05) is 12.5 Å². The number of nitrogens with zero attached hydrogens (tertiary/aromatic N) is 2. The Kier molecular flexibility index (Phi) is 3.09. The van der Waals surface area contributed by atoms with Crippen molar-refractivity contribution in [3.63, 3.8) is 0 Å². The van der Waals surface area contributed by atoms with Crippen LogP contribution in [0.5, 0.6) is 0 Å². The van der Waals surface area contributed by atoms with Crippen LogP contribution >= 0.6 is 0 Å². The Morgan fingerprint density at radius 1 is 1.46 bits per heavy atom. The van der Waals surface area contributed by atoms with Crippen LogP contribution in [0.2, 0.25) is 0 Å². The third-order valence-corrected chi connectivity index (χ3v) is 2.02. The van der Waals surface area contributed by atoms with Gasteiger partial charge in [0.2, 0.25) is 0 Å². The zero-order valence-corrected chi connectivity index (χ0v) is 8.87. The van der Waals surface area contributed by atoms with E-state index in [1.54, 1.807) is 7.11 Å². The standard InChI is InChI=1S/C10H18N2O/c1-10(2,3)9-7-11-8-12(9)5-6-13-4/h7-8H,5-6H2,1-4H3. The lowest BCUT2D eigenvalue weighted by atomic mass is 9.93. The first-order valence-electron chi connectivity index (χ1n) is 4.55. The number of imidazole rings is 1. The van der Waals surface area contributed by atoms with Gasteiger partial charge in [-0.1, -0.05) is 20.8 Å². The first-order chi connectivity index (χ1) is 6.05. The Bertz CT molecular complexity index is 260. The molecule has 74 valence electrons. The number of hydrogen-bond donors (Lipinski definition) is 0. The summed E-state index contributed by atoms with van der Waals surface area (Å²) in [5.41, 5.74) is 1.41. The first kappa shape index (κ1) is 10.3. The molecule has 1 aromatic rings. The number of aromatic nitrogens is 2. The lowest BCUT2D eigenvalue weighted by molar-refractivity contribution is 0.185. The van der Waals surface area contributed by atoms with Crippen molar-refractivity contribution in [3.05, 3.63) is 18.2 Å². The van der Waals surface area contributed by atoms with Crippen molar-refractivity contribution in [2.45, 2.75) is 32.7 Å². The molecule has 0 bridgehead atoms. The van der Waals surface area contributed by atoms with Crippen LogP contribution in [0.1, 0.15) is 26.5 Å². The lowest BCUT2D eigenvalue weighted by Gasteiger charge is -2.20. The zero-order chi connectivity index (χ0) is 9.90. The molecule has 13 heavy (non-hydrogen) atoms. The summed E-state index contributed by atoms with van der Waals surface area (Å²) >= 11 is 0. The van der Waals surface area contributed by atoms with Crippen LogP contribution in [0.3, 0.4) is 0 Å². The number of hydrogen-bond acceptors (Lipinski definition) is 2. The van der Waals surface area contributed by atoms with E-state index >= 15 is 0 Å². The van der Waals surface area contributed by atoms with Gasteiger partial charge < -0.3 is 9.30 Å². The molecule has 0 aliphatic carbocycles. The molecule has 1 aromatic heterocycles. The van der Waals surface area contributed by atoms with Crippen molar-refractivity contribution in [2.24, 2.45) is 0 Å². The summed E-state index contributed by atoms with van der Waals surface area (Å²) in [6.45, 7) is 8.18. The van der Waals surface area contributed by atoms with Crippen molar-refractivity contribution in [1.29, 1.82) is 0 Å². The Hall–Kier alpha value is -0.830. The third kappa shape index (κ3) is 2.56. The second-order valence-electron chi connectivity index (χ2n) is 4.22. The number of methoxy groups -OCH3 is 1. The van der Waals surface area contributed by atoms with Gasteiger partial charge in [-0.3, -0.25) is 0 Å². The van der Waals surface area contributed by atoms with Crippen LogP contribution in [0.4, 0.5) is 0 Å². The summed E-state index contributed by atoms with van der Waals surface area (Å²) in [6, 6.07) is 0. The van der Waals surface area contributed by atoms with E-state index in [2.05, 4.69) is 30.3 Å². The highest BCUT2D eigenvalue weighted by molar-refractivity contribution is 5.10. The summed E-state index contributed by atoms with van der Waals surface area (Å²) in [4.78, 5) is 4.15. The largest absolute Gasteiger partial charge is 0.383 e. The highest BCUT2D eigenvalue weighted by Crippen LogP contribution is 2.21. The Balaban J connectivity index is 2.77. The maximum Gasteiger partial charge on any atom is 0.0949 e. The zero-order valence-electron chi connectivity index (χ0n) is 8.87. The van der Waals surface area contributed by atoms with Crippen LogP contribution < -0.4 is 0 Å². The van der Waals surface area contributed by atoms with E-state index in [0.29, 0.717) is 0 Å². The lowest BCUT2D eigenvalue weighted by Crippen LogP contribution is -2.18. The Labute approximate surface area is 79.7 Å². The topological polar surface area (TPSA) is 27.1 Å². The van der Waals surface area contributed by atoms with E-state index in [0.717, 1.165) is 13.2 Å². The summed E-state index contributed by atoms with van der Waals surface area (Å²) in [6.07, 6.45) is 3.79. The smallest absolute Gasteiger partial charge is 0.0949 e. The van der Waals surface area contributed by atoms with Crippen molar-refractivity contribution in [1.82, 2.24) is 9.55 Å². The summed E-state index contributed by atoms with van der Waals surface area (Å²) < 4.78 is 7.18. The van der Waals surface area contributed by atoms with Crippen LogP contribution in [0.25, 0.3) is 0 Å². The molecule has 3 heteroatoms. The van der Waals surface area contributed by atoms with Gasteiger partial charge in [0.25, 0.3) is 0 Å². The predicted molar refractivity (Wildman–Crippen MR) is 52.8 cm³/mol. The van der Waals surface area contributed by atoms with Crippen molar-refractivity contribution < 1.29 is 4.74 Å². The maximum absolute atomic E-state index is 5.03. The Morgan fingerprint density at radius 2 is 2.15 bits per heavy atom. The van der Waals surface area contributed by atoms with E-state index in [-0.39, 0.29) is 5.41 Å². The van der Waals surface area contributed by atoms with Crippen LogP contribution in [0, 0.1) is 0 Å². The third-order valence-electron chi connectivity index (χ3n) is 2.02. The van der Waals surface area contributed by atoms with Crippen molar-refractivity contribution >= 4 is 0 Å². The molecule has 0 aliphatic rings. The molecule has 3 nitrogen and oxygen atoms in total. The normalized spacial score (nSPS) is 12.0. The van der Waals surface area contributed by atoms with Gasteiger partial charge in [0.1, 0.15) is 0 Å². The average Bonchev–Trinajstić information content (AvgIpc) is 2.47. The highest BCUT2D eigenvalue weighted by atomic mass is 16.5. The second-order valence-corrected chi connectivity index (χ2v) is 4.22. The molecule has 0 atom stereocenters. The molecule has 0 saturated heterocycles. The molecule has 0 amide bonds. The Morgan fingerprint density at radius 3 is 2.69 bits per heavy atom. The van der Waals surface area contributed by atoms with E-state index < -0.39 is 0 Å². The first-order valence-corrected chi connectivity index (χ1v) is 4.55. The van der Waals surface area contributed by atoms with Crippen molar-refractivity contribution in [2.75, 3.05) is 13.7 Å². The van der Waals surface area contributed by atoms with Crippen molar-refractivity contribution in [3.8, 4) is 0 Å². The fraction of sp³-hybridized carbons (Fsp3) is 0.700. The second kappa shape index (κ2) is 3.92. The van der Waals surface area contributed by atoms with E-state index in [9.17, 15) is 0 Å². The molecule has 1 rings (SSSR count). The van der Waals surface area contributed by atoms with Gasteiger partial charge in [-0.25, -0.2) is 4.98 Å². The number of ether oxygens (including phenoxy) is 1. The molecule has 0 aliphatic heterocycles. The van der Waals surface area contributed by atoms with Gasteiger partial charge in [0.05, 0.1) is 12.9 Å². The molecule has 0 N–H and O–H groups in total. The predicted octanol–water partition coefficient (Wildman–Crippen LogP) is 1.83. The van der Waals surface area contributed by atoms with Gasteiger partial charge in [-0.05, 0) is 0 Å². The van der Waals surface area contributed by atoms with E-state index in [4.69, 9.17) is 4.74 Å². The van der Waals surface area contributed by atoms with Crippen LogP contribution in [-0.4, -0.2) is 23.3 Å². The molecule has 0 unspecified atom stereocenters. The monoisotopic (exact) mass is 182 g/mol. The minimum atomic E-state index is 0.157. The summed E-state index contributed by atoms with van der Waals surface area (Å²) in [5, 5.41) is 0. The molecule has 1 heterocycles. The van der Waals surface area contributed by atoms with E-state index in [1.165, 1.54) is 5.69 Å². The summed E-state index contributed by atoms with van der Waals surface area (Å²) in [5.74, 6) is 0. The van der Waals surface area contributed by atoms with Gasteiger partial charge in [0.15, 0.2) is 0 Å². The minimum Gasteiger partial charge on any atom is -0.383 e. The van der Waals surface area contributed by atoms with Gasteiger partial charge in [-0.15, -0.1) is 0 Å². The molecule has 0 radical (unpaired) electrons.